The molecule has 2 rings (SSSR count). The highest BCUT2D eigenvalue weighted by molar-refractivity contribution is 5.96. The maximum atomic E-state index is 12.1. The first-order valence-corrected chi connectivity index (χ1v) is 6.80. The van der Waals surface area contributed by atoms with Gasteiger partial charge in [-0.15, -0.1) is 0 Å². The number of anilines is 1. The Morgan fingerprint density at radius 3 is 2.64 bits per heavy atom. The molecule has 22 heavy (non-hydrogen) atoms. The minimum absolute atomic E-state index is 0.269. The molecule has 1 N–H and O–H groups in total. The standard InChI is InChI=1S/C16H18N2O4/c1-18(2)15(19)11-22-16(20)13-7-3-4-8-14(13)17-10-12-6-5-9-21-12/h3-9,17H,10-11H2,1-2H3. The van der Waals surface area contributed by atoms with Crippen LogP contribution in [-0.4, -0.2) is 37.5 Å². The van der Waals surface area contributed by atoms with Crippen LogP contribution in [0.2, 0.25) is 0 Å². The molecule has 2 aromatic rings. The molecule has 0 spiro atoms. The molecule has 1 amide bonds. The van der Waals surface area contributed by atoms with Gasteiger partial charge >= 0.3 is 5.97 Å². The van der Waals surface area contributed by atoms with Crippen molar-refractivity contribution >= 4 is 17.6 Å². The van der Waals surface area contributed by atoms with E-state index in [1.807, 2.05) is 12.1 Å². The number of carbonyl (C=O) groups is 2. The number of nitrogens with zero attached hydrogens (tertiary/aromatic N) is 1. The summed E-state index contributed by atoms with van der Waals surface area (Å²) in [4.78, 5) is 24.9. The van der Waals surface area contributed by atoms with Crippen LogP contribution in [-0.2, 0) is 16.1 Å². The molecule has 0 radical (unpaired) electrons. The van der Waals surface area contributed by atoms with E-state index in [1.165, 1.54) is 4.90 Å². The topological polar surface area (TPSA) is 71.8 Å². The second-order valence-corrected chi connectivity index (χ2v) is 4.84. The molecule has 0 saturated carbocycles. The quantitative estimate of drug-likeness (QED) is 0.828. The van der Waals surface area contributed by atoms with E-state index in [2.05, 4.69) is 5.32 Å². The third-order valence-electron chi connectivity index (χ3n) is 3.01. The van der Waals surface area contributed by atoms with Gasteiger partial charge in [0, 0.05) is 19.8 Å². The van der Waals surface area contributed by atoms with E-state index in [1.54, 1.807) is 44.6 Å². The van der Waals surface area contributed by atoms with Gasteiger partial charge in [-0.25, -0.2) is 4.79 Å². The number of nitrogens with one attached hydrogen (secondary N) is 1. The number of rotatable bonds is 6. The summed E-state index contributed by atoms with van der Waals surface area (Å²) >= 11 is 0. The number of benzene rings is 1. The van der Waals surface area contributed by atoms with E-state index in [0.29, 0.717) is 17.8 Å². The third kappa shape index (κ3) is 4.12. The van der Waals surface area contributed by atoms with E-state index in [0.717, 1.165) is 5.76 Å². The van der Waals surface area contributed by atoms with Crippen LogP contribution in [0, 0.1) is 0 Å². The zero-order valence-electron chi connectivity index (χ0n) is 12.5. The molecule has 0 aliphatic heterocycles. The Balaban J connectivity index is 2.00. The van der Waals surface area contributed by atoms with Crippen LogP contribution < -0.4 is 5.32 Å². The van der Waals surface area contributed by atoms with Crippen LogP contribution in [0.15, 0.2) is 47.1 Å². The van der Waals surface area contributed by atoms with Gasteiger partial charge < -0.3 is 19.4 Å². The van der Waals surface area contributed by atoms with Gasteiger partial charge in [-0.05, 0) is 24.3 Å². The summed E-state index contributed by atoms with van der Waals surface area (Å²) in [7, 11) is 3.21. The van der Waals surface area contributed by atoms with Crippen LogP contribution in [0.3, 0.4) is 0 Å². The molecule has 0 saturated heterocycles. The van der Waals surface area contributed by atoms with Gasteiger partial charge in [0.25, 0.3) is 5.91 Å². The van der Waals surface area contributed by atoms with Crippen molar-refractivity contribution in [2.24, 2.45) is 0 Å². The highest BCUT2D eigenvalue weighted by atomic mass is 16.5. The van der Waals surface area contributed by atoms with Crippen molar-refractivity contribution in [2.75, 3.05) is 26.0 Å². The Labute approximate surface area is 128 Å². The Kier molecular flexibility index (Phi) is 5.19. The third-order valence-corrected chi connectivity index (χ3v) is 3.01. The first-order valence-electron chi connectivity index (χ1n) is 6.80. The second kappa shape index (κ2) is 7.31. The average Bonchev–Trinajstić information content (AvgIpc) is 3.03. The van der Waals surface area contributed by atoms with Crippen LogP contribution in [0.4, 0.5) is 5.69 Å². The van der Waals surface area contributed by atoms with Crippen molar-refractivity contribution in [3.8, 4) is 0 Å². The van der Waals surface area contributed by atoms with Crippen molar-refractivity contribution in [3.63, 3.8) is 0 Å². The van der Waals surface area contributed by atoms with Gasteiger partial charge in [0.15, 0.2) is 6.61 Å². The Morgan fingerprint density at radius 2 is 1.95 bits per heavy atom. The lowest BCUT2D eigenvalue weighted by atomic mass is 10.2. The SMILES string of the molecule is CN(C)C(=O)COC(=O)c1ccccc1NCc1ccco1. The first kappa shape index (κ1) is 15.6. The lowest BCUT2D eigenvalue weighted by Crippen LogP contribution is -2.27. The molecule has 1 aromatic carbocycles. The van der Waals surface area contributed by atoms with Crippen molar-refractivity contribution in [1.82, 2.24) is 4.90 Å². The molecule has 6 nitrogen and oxygen atoms in total. The smallest absolute Gasteiger partial charge is 0.340 e. The van der Waals surface area contributed by atoms with Crippen molar-refractivity contribution < 1.29 is 18.7 Å². The fourth-order valence-corrected chi connectivity index (χ4v) is 1.74. The molecular formula is C16H18N2O4. The normalized spacial score (nSPS) is 10.1. The molecule has 0 bridgehead atoms. The minimum atomic E-state index is -0.544. The molecule has 1 aromatic heterocycles. The van der Waals surface area contributed by atoms with Gasteiger partial charge in [-0.2, -0.15) is 0 Å². The largest absolute Gasteiger partial charge is 0.467 e. The number of hydrogen-bond donors (Lipinski definition) is 1. The van der Waals surface area contributed by atoms with E-state index >= 15 is 0 Å². The van der Waals surface area contributed by atoms with Crippen LogP contribution >= 0.6 is 0 Å². The summed E-state index contributed by atoms with van der Waals surface area (Å²) in [5.74, 6) is -0.0573. The number of hydrogen-bond acceptors (Lipinski definition) is 5. The molecule has 6 heteroatoms. The number of likely N-dealkylation sites (N-methyl/N-ethyl adjacent to an activating group) is 1. The molecule has 0 atom stereocenters. The maximum Gasteiger partial charge on any atom is 0.340 e. The van der Waals surface area contributed by atoms with Gasteiger partial charge in [-0.3, -0.25) is 4.79 Å². The molecule has 1 heterocycles. The van der Waals surface area contributed by atoms with E-state index in [4.69, 9.17) is 9.15 Å². The fourth-order valence-electron chi connectivity index (χ4n) is 1.74. The molecular weight excluding hydrogens is 284 g/mol. The Hall–Kier alpha value is -2.76. The van der Waals surface area contributed by atoms with Crippen LogP contribution in [0.25, 0.3) is 0 Å². The Bertz CT molecular complexity index is 635. The zero-order valence-corrected chi connectivity index (χ0v) is 12.5. The number of para-hydroxylation sites is 1. The zero-order chi connectivity index (χ0) is 15.9. The number of amides is 1. The summed E-state index contributed by atoms with van der Waals surface area (Å²) in [6, 6.07) is 10.6. The van der Waals surface area contributed by atoms with Gasteiger partial charge in [0.2, 0.25) is 0 Å². The summed E-state index contributed by atoms with van der Waals surface area (Å²) in [5.41, 5.74) is 1.00. The lowest BCUT2D eigenvalue weighted by molar-refractivity contribution is -0.131. The van der Waals surface area contributed by atoms with Gasteiger partial charge in [-0.1, -0.05) is 12.1 Å². The molecule has 0 aliphatic carbocycles. The summed E-state index contributed by atoms with van der Waals surface area (Å²) in [6.45, 7) is 0.173. The molecule has 0 fully saturated rings. The van der Waals surface area contributed by atoms with E-state index in [-0.39, 0.29) is 12.5 Å². The maximum absolute atomic E-state index is 12.1. The van der Waals surface area contributed by atoms with Gasteiger partial charge in [0.1, 0.15) is 5.76 Å². The van der Waals surface area contributed by atoms with Crippen molar-refractivity contribution in [3.05, 3.63) is 54.0 Å². The average molecular weight is 302 g/mol. The van der Waals surface area contributed by atoms with Crippen molar-refractivity contribution in [1.29, 1.82) is 0 Å². The highest BCUT2D eigenvalue weighted by Crippen LogP contribution is 2.17. The minimum Gasteiger partial charge on any atom is -0.467 e. The fraction of sp³-hybridized carbons (Fsp3) is 0.250. The molecule has 0 aliphatic rings. The predicted molar refractivity (Wildman–Crippen MR) is 81.5 cm³/mol. The van der Waals surface area contributed by atoms with Crippen molar-refractivity contribution in [2.45, 2.75) is 6.54 Å². The summed E-state index contributed by atoms with van der Waals surface area (Å²) in [5, 5.41) is 3.12. The number of ether oxygens (including phenoxy) is 1. The Morgan fingerprint density at radius 1 is 1.18 bits per heavy atom. The molecule has 116 valence electrons. The van der Waals surface area contributed by atoms with Gasteiger partial charge in [0.05, 0.1) is 18.4 Å². The lowest BCUT2D eigenvalue weighted by Gasteiger charge is -2.13. The number of carbonyl (C=O) groups excluding carboxylic acids is 2. The first-order chi connectivity index (χ1) is 10.6. The van der Waals surface area contributed by atoms with E-state index in [9.17, 15) is 9.59 Å². The summed E-state index contributed by atoms with van der Waals surface area (Å²) in [6.07, 6.45) is 1.59. The predicted octanol–water partition coefficient (Wildman–Crippen LogP) is 2.14. The second-order valence-electron chi connectivity index (χ2n) is 4.84. The number of furan rings is 1. The van der Waals surface area contributed by atoms with Crippen LogP contribution in [0.5, 0.6) is 0 Å². The van der Waals surface area contributed by atoms with Crippen LogP contribution in [0.1, 0.15) is 16.1 Å². The monoisotopic (exact) mass is 302 g/mol. The highest BCUT2D eigenvalue weighted by Gasteiger charge is 2.15. The number of esters is 1. The molecule has 0 unspecified atom stereocenters. The van der Waals surface area contributed by atoms with E-state index < -0.39 is 5.97 Å². The summed E-state index contributed by atoms with van der Waals surface area (Å²) < 4.78 is 10.3.